The lowest BCUT2D eigenvalue weighted by molar-refractivity contribution is 0.178. The zero-order valence-corrected chi connectivity index (χ0v) is 12.8. The summed E-state index contributed by atoms with van der Waals surface area (Å²) in [5.74, 6) is 0.284. The van der Waals surface area contributed by atoms with Gasteiger partial charge in [0.2, 0.25) is 0 Å². The second kappa shape index (κ2) is 6.92. The third-order valence-corrected chi connectivity index (χ3v) is 3.50. The average molecular weight is 309 g/mol. The summed E-state index contributed by atoms with van der Waals surface area (Å²) >= 11 is 5.90. The van der Waals surface area contributed by atoms with Gasteiger partial charge in [0.1, 0.15) is 11.6 Å². The van der Waals surface area contributed by atoms with Crippen molar-refractivity contribution in [2.24, 2.45) is 0 Å². The predicted octanol–water partition coefficient (Wildman–Crippen LogP) is 4.54. The average Bonchev–Trinajstić information content (AvgIpc) is 2.44. The SMILES string of the molecule is CC(C)Oc1ccc(C(O)Cc2cccc(F)c2Cl)cc1. The number of halogens is 2. The summed E-state index contributed by atoms with van der Waals surface area (Å²) in [5, 5.41) is 10.3. The van der Waals surface area contributed by atoms with Crippen LogP contribution in [0.5, 0.6) is 5.75 Å². The fourth-order valence-electron chi connectivity index (χ4n) is 2.07. The van der Waals surface area contributed by atoms with Crippen LogP contribution in [-0.4, -0.2) is 11.2 Å². The summed E-state index contributed by atoms with van der Waals surface area (Å²) in [4.78, 5) is 0. The highest BCUT2D eigenvalue weighted by Gasteiger charge is 2.13. The van der Waals surface area contributed by atoms with E-state index < -0.39 is 11.9 Å². The van der Waals surface area contributed by atoms with Gasteiger partial charge in [-0.1, -0.05) is 35.9 Å². The Balaban J connectivity index is 2.09. The molecule has 0 aliphatic rings. The highest BCUT2D eigenvalue weighted by atomic mass is 35.5. The number of hydrogen-bond acceptors (Lipinski definition) is 2. The van der Waals surface area contributed by atoms with E-state index in [-0.39, 0.29) is 17.5 Å². The van der Waals surface area contributed by atoms with Gasteiger partial charge in [-0.2, -0.15) is 0 Å². The van der Waals surface area contributed by atoms with Gasteiger partial charge in [-0.15, -0.1) is 0 Å². The molecule has 0 radical (unpaired) electrons. The number of benzene rings is 2. The molecule has 0 saturated heterocycles. The molecule has 2 nitrogen and oxygen atoms in total. The second-order valence-electron chi connectivity index (χ2n) is 5.17. The highest BCUT2D eigenvalue weighted by molar-refractivity contribution is 6.31. The lowest BCUT2D eigenvalue weighted by Gasteiger charge is -2.14. The monoisotopic (exact) mass is 308 g/mol. The molecule has 0 aliphatic heterocycles. The van der Waals surface area contributed by atoms with Gasteiger partial charge in [0.25, 0.3) is 0 Å². The molecule has 0 spiro atoms. The van der Waals surface area contributed by atoms with Crippen LogP contribution in [0.15, 0.2) is 42.5 Å². The molecule has 0 bridgehead atoms. The van der Waals surface area contributed by atoms with E-state index in [1.54, 1.807) is 24.3 Å². The van der Waals surface area contributed by atoms with Crippen molar-refractivity contribution < 1.29 is 14.2 Å². The molecule has 1 atom stereocenters. The predicted molar refractivity (Wildman–Crippen MR) is 82.3 cm³/mol. The molecule has 112 valence electrons. The topological polar surface area (TPSA) is 29.5 Å². The summed E-state index contributed by atoms with van der Waals surface area (Å²) in [6, 6.07) is 11.8. The third kappa shape index (κ3) is 4.19. The van der Waals surface area contributed by atoms with Crippen molar-refractivity contribution in [2.45, 2.75) is 32.5 Å². The number of hydrogen-bond donors (Lipinski definition) is 1. The standard InChI is InChI=1S/C17H18ClFO2/c1-11(2)21-14-8-6-12(7-9-14)16(20)10-13-4-3-5-15(19)17(13)18/h3-9,11,16,20H,10H2,1-2H3. The number of ether oxygens (including phenoxy) is 1. The maximum atomic E-state index is 13.4. The smallest absolute Gasteiger partial charge is 0.142 e. The van der Waals surface area contributed by atoms with Gasteiger partial charge in [0.05, 0.1) is 17.2 Å². The summed E-state index contributed by atoms with van der Waals surface area (Å²) in [5.41, 5.74) is 1.33. The quantitative estimate of drug-likeness (QED) is 0.878. The van der Waals surface area contributed by atoms with E-state index in [0.29, 0.717) is 5.56 Å². The molecular weight excluding hydrogens is 291 g/mol. The molecule has 2 aromatic carbocycles. The first-order chi connectivity index (χ1) is 9.97. The molecule has 0 saturated carbocycles. The summed E-state index contributed by atoms with van der Waals surface area (Å²) in [7, 11) is 0. The lowest BCUT2D eigenvalue weighted by Crippen LogP contribution is -2.06. The van der Waals surface area contributed by atoms with Crippen LogP contribution in [0.1, 0.15) is 31.1 Å². The van der Waals surface area contributed by atoms with Gasteiger partial charge in [-0.05, 0) is 43.2 Å². The van der Waals surface area contributed by atoms with Crippen LogP contribution in [-0.2, 0) is 6.42 Å². The Kier molecular flexibility index (Phi) is 5.21. The minimum Gasteiger partial charge on any atom is -0.491 e. The molecule has 0 aromatic heterocycles. The van der Waals surface area contributed by atoms with E-state index in [1.165, 1.54) is 6.07 Å². The first-order valence-electron chi connectivity index (χ1n) is 6.85. The van der Waals surface area contributed by atoms with Gasteiger partial charge < -0.3 is 9.84 Å². The summed E-state index contributed by atoms with van der Waals surface area (Å²) in [6.07, 6.45) is -0.370. The van der Waals surface area contributed by atoms with Crippen LogP contribution in [0.25, 0.3) is 0 Å². The Morgan fingerprint density at radius 3 is 2.43 bits per heavy atom. The molecule has 2 aromatic rings. The van der Waals surface area contributed by atoms with E-state index in [2.05, 4.69) is 0 Å². The Morgan fingerprint density at radius 2 is 1.81 bits per heavy atom. The molecule has 0 fully saturated rings. The van der Waals surface area contributed by atoms with Crippen molar-refractivity contribution in [3.63, 3.8) is 0 Å². The largest absolute Gasteiger partial charge is 0.491 e. The Bertz CT molecular complexity index is 596. The van der Waals surface area contributed by atoms with E-state index in [1.807, 2.05) is 26.0 Å². The Labute approximate surface area is 129 Å². The molecule has 0 heterocycles. The maximum absolute atomic E-state index is 13.4. The third-order valence-electron chi connectivity index (χ3n) is 3.08. The number of aliphatic hydroxyl groups excluding tert-OH is 1. The van der Waals surface area contributed by atoms with Crippen LogP contribution in [0.3, 0.4) is 0 Å². The number of aliphatic hydroxyl groups is 1. The first kappa shape index (κ1) is 15.8. The minimum atomic E-state index is -0.739. The molecule has 21 heavy (non-hydrogen) atoms. The molecule has 1 unspecified atom stereocenters. The first-order valence-corrected chi connectivity index (χ1v) is 7.22. The minimum absolute atomic E-state index is 0.0660. The van der Waals surface area contributed by atoms with Crippen LogP contribution in [0, 0.1) is 5.82 Å². The fourth-order valence-corrected chi connectivity index (χ4v) is 2.28. The molecule has 1 N–H and O–H groups in total. The van der Waals surface area contributed by atoms with E-state index in [9.17, 15) is 9.50 Å². The van der Waals surface area contributed by atoms with Gasteiger partial charge in [0.15, 0.2) is 0 Å². The fraction of sp³-hybridized carbons (Fsp3) is 0.294. The zero-order valence-electron chi connectivity index (χ0n) is 12.0. The lowest BCUT2D eigenvalue weighted by atomic mass is 10.0. The van der Waals surface area contributed by atoms with Gasteiger partial charge in [-0.25, -0.2) is 4.39 Å². The molecule has 0 aliphatic carbocycles. The van der Waals surface area contributed by atoms with Crippen LogP contribution in [0.4, 0.5) is 4.39 Å². The molecule has 4 heteroatoms. The van der Waals surface area contributed by atoms with Gasteiger partial charge in [-0.3, -0.25) is 0 Å². The molecule has 0 amide bonds. The van der Waals surface area contributed by atoms with Gasteiger partial charge >= 0.3 is 0 Å². The maximum Gasteiger partial charge on any atom is 0.142 e. The van der Waals surface area contributed by atoms with Crippen molar-refractivity contribution in [2.75, 3.05) is 0 Å². The number of rotatable bonds is 5. The zero-order chi connectivity index (χ0) is 15.4. The molecular formula is C17H18ClFO2. The molecule has 2 rings (SSSR count). The summed E-state index contributed by atoms with van der Waals surface area (Å²) < 4.78 is 18.9. The Hall–Kier alpha value is -1.58. The highest BCUT2D eigenvalue weighted by Crippen LogP contribution is 2.26. The van der Waals surface area contributed by atoms with Crippen molar-refractivity contribution in [1.29, 1.82) is 0 Å². The van der Waals surface area contributed by atoms with E-state index >= 15 is 0 Å². The van der Waals surface area contributed by atoms with Crippen LogP contribution < -0.4 is 4.74 Å². The van der Waals surface area contributed by atoms with Crippen molar-refractivity contribution >= 4 is 11.6 Å². The Morgan fingerprint density at radius 1 is 1.14 bits per heavy atom. The van der Waals surface area contributed by atoms with Crippen LogP contribution in [0.2, 0.25) is 5.02 Å². The van der Waals surface area contributed by atoms with Gasteiger partial charge in [0, 0.05) is 6.42 Å². The normalized spacial score (nSPS) is 12.5. The van der Waals surface area contributed by atoms with E-state index in [4.69, 9.17) is 16.3 Å². The van der Waals surface area contributed by atoms with Crippen molar-refractivity contribution in [3.05, 3.63) is 64.4 Å². The summed E-state index contributed by atoms with van der Waals surface area (Å²) in [6.45, 7) is 3.91. The van der Waals surface area contributed by atoms with E-state index in [0.717, 1.165) is 11.3 Å². The van der Waals surface area contributed by atoms with Crippen LogP contribution >= 0.6 is 11.6 Å². The van der Waals surface area contributed by atoms with Crippen molar-refractivity contribution in [1.82, 2.24) is 0 Å². The second-order valence-corrected chi connectivity index (χ2v) is 5.55. The van der Waals surface area contributed by atoms with Crippen molar-refractivity contribution in [3.8, 4) is 5.75 Å².